The van der Waals surface area contributed by atoms with E-state index in [2.05, 4.69) is 19.2 Å². The lowest BCUT2D eigenvalue weighted by Crippen LogP contribution is -2.32. The third kappa shape index (κ3) is 3.33. The van der Waals surface area contributed by atoms with E-state index in [-0.39, 0.29) is 18.0 Å². The summed E-state index contributed by atoms with van der Waals surface area (Å²) in [4.78, 5) is 0. The Hall–Kier alpha value is -0.640. The van der Waals surface area contributed by atoms with Gasteiger partial charge in [-0.2, -0.15) is 0 Å². The second-order valence-electron chi connectivity index (χ2n) is 5.58. The van der Waals surface area contributed by atoms with Gasteiger partial charge in [-0.05, 0) is 50.4 Å². The summed E-state index contributed by atoms with van der Waals surface area (Å²) in [6.45, 7) is 7.72. The fourth-order valence-corrected chi connectivity index (χ4v) is 3.16. The molecule has 4 heteroatoms. The van der Waals surface area contributed by atoms with Crippen LogP contribution < -0.4 is 5.32 Å². The molecule has 0 aromatic heterocycles. The SMILES string of the molecule is CCCNC(c1cc(C)c(F)cc1Cl)C1CCOC1C. The number of aryl methyl sites for hydroxylation is 1. The first-order valence-corrected chi connectivity index (χ1v) is 7.73. The summed E-state index contributed by atoms with van der Waals surface area (Å²) < 4.78 is 19.3. The zero-order valence-electron chi connectivity index (χ0n) is 12.4. The largest absolute Gasteiger partial charge is 0.378 e. The average Bonchev–Trinajstić information content (AvgIpc) is 2.82. The highest BCUT2D eigenvalue weighted by atomic mass is 35.5. The molecule has 1 aliphatic rings. The lowest BCUT2D eigenvalue weighted by atomic mass is 9.87. The Bertz CT molecular complexity index is 466. The van der Waals surface area contributed by atoms with Gasteiger partial charge in [0.1, 0.15) is 5.82 Å². The lowest BCUT2D eigenvalue weighted by Gasteiger charge is -2.28. The molecule has 20 heavy (non-hydrogen) atoms. The minimum atomic E-state index is -0.247. The first-order valence-electron chi connectivity index (χ1n) is 7.35. The number of benzene rings is 1. The van der Waals surface area contributed by atoms with Crippen LogP contribution in [0, 0.1) is 18.7 Å². The molecule has 2 rings (SSSR count). The van der Waals surface area contributed by atoms with Gasteiger partial charge in [0.2, 0.25) is 0 Å². The van der Waals surface area contributed by atoms with E-state index in [0.717, 1.165) is 31.6 Å². The zero-order chi connectivity index (χ0) is 14.7. The summed E-state index contributed by atoms with van der Waals surface area (Å²) in [5.74, 6) is 0.132. The molecule has 0 amide bonds. The van der Waals surface area contributed by atoms with Crippen molar-refractivity contribution in [1.82, 2.24) is 5.32 Å². The Morgan fingerprint density at radius 1 is 1.50 bits per heavy atom. The van der Waals surface area contributed by atoms with Crippen molar-refractivity contribution in [2.75, 3.05) is 13.2 Å². The van der Waals surface area contributed by atoms with E-state index < -0.39 is 0 Å². The summed E-state index contributed by atoms with van der Waals surface area (Å²) in [6, 6.07) is 3.42. The van der Waals surface area contributed by atoms with Gasteiger partial charge >= 0.3 is 0 Å². The van der Waals surface area contributed by atoms with Crippen LogP contribution in [0.1, 0.15) is 43.9 Å². The topological polar surface area (TPSA) is 21.3 Å². The average molecular weight is 300 g/mol. The van der Waals surface area contributed by atoms with Gasteiger partial charge in [0.25, 0.3) is 0 Å². The molecule has 1 fully saturated rings. The van der Waals surface area contributed by atoms with Gasteiger partial charge in [-0.25, -0.2) is 4.39 Å². The van der Waals surface area contributed by atoms with Crippen LogP contribution in [0.15, 0.2) is 12.1 Å². The smallest absolute Gasteiger partial charge is 0.127 e. The number of halogens is 2. The van der Waals surface area contributed by atoms with Crippen LogP contribution in [0.4, 0.5) is 4.39 Å². The van der Waals surface area contributed by atoms with Crippen molar-refractivity contribution in [3.63, 3.8) is 0 Å². The summed E-state index contributed by atoms with van der Waals surface area (Å²) >= 11 is 6.28. The molecule has 3 unspecified atom stereocenters. The molecule has 0 bridgehead atoms. The van der Waals surface area contributed by atoms with Gasteiger partial charge in [-0.1, -0.05) is 24.6 Å². The van der Waals surface area contributed by atoms with E-state index in [9.17, 15) is 4.39 Å². The highest BCUT2D eigenvalue weighted by Gasteiger charge is 2.33. The second kappa shape index (κ2) is 6.88. The van der Waals surface area contributed by atoms with Crippen LogP contribution in [0.25, 0.3) is 0 Å². The standard InChI is InChI=1S/C16H23ClFNO/c1-4-6-19-16(12-5-7-20-11(12)3)13-8-10(2)15(18)9-14(13)17/h8-9,11-12,16,19H,4-7H2,1-3H3. The number of rotatable bonds is 5. The van der Waals surface area contributed by atoms with Gasteiger partial charge in [0, 0.05) is 23.6 Å². The van der Waals surface area contributed by atoms with Gasteiger partial charge in [0.05, 0.1) is 6.10 Å². The second-order valence-corrected chi connectivity index (χ2v) is 5.99. The lowest BCUT2D eigenvalue weighted by molar-refractivity contribution is 0.0954. The van der Waals surface area contributed by atoms with E-state index in [1.807, 2.05) is 6.07 Å². The molecular formula is C16H23ClFNO. The molecular weight excluding hydrogens is 277 g/mol. The highest BCUT2D eigenvalue weighted by molar-refractivity contribution is 6.31. The van der Waals surface area contributed by atoms with E-state index in [0.29, 0.717) is 16.5 Å². The first kappa shape index (κ1) is 15.7. The van der Waals surface area contributed by atoms with Crippen molar-refractivity contribution in [2.24, 2.45) is 5.92 Å². The van der Waals surface area contributed by atoms with Gasteiger partial charge in [-0.3, -0.25) is 0 Å². The number of hydrogen-bond acceptors (Lipinski definition) is 2. The maximum atomic E-state index is 13.6. The molecule has 2 nitrogen and oxygen atoms in total. The van der Waals surface area contributed by atoms with E-state index in [4.69, 9.17) is 16.3 Å². The van der Waals surface area contributed by atoms with Crippen molar-refractivity contribution in [1.29, 1.82) is 0 Å². The van der Waals surface area contributed by atoms with Crippen LogP contribution in [0.3, 0.4) is 0 Å². The summed E-state index contributed by atoms with van der Waals surface area (Å²) in [5, 5.41) is 4.06. The molecule has 3 atom stereocenters. The van der Waals surface area contributed by atoms with Crippen LogP contribution in [0.2, 0.25) is 5.02 Å². The first-order chi connectivity index (χ1) is 9.54. The van der Waals surface area contributed by atoms with Crippen molar-refractivity contribution in [3.8, 4) is 0 Å². The summed E-state index contributed by atoms with van der Waals surface area (Å²) in [7, 11) is 0. The predicted molar refractivity (Wildman–Crippen MR) is 80.7 cm³/mol. The number of hydrogen-bond donors (Lipinski definition) is 1. The maximum absolute atomic E-state index is 13.6. The Kier molecular flexibility index (Phi) is 5.42. The van der Waals surface area contributed by atoms with Crippen molar-refractivity contribution in [3.05, 3.63) is 34.1 Å². The molecule has 1 N–H and O–H groups in total. The van der Waals surface area contributed by atoms with Crippen LogP contribution >= 0.6 is 11.6 Å². The molecule has 0 spiro atoms. The minimum absolute atomic E-state index is 0.124. The molecule has 1 saturated heterocycles. The van der Waals surface area contributed by atoms with Gasteiger partial charge in [-0.15, -0.1) is 0 Å². The number of nitrogens with one attached hydrogen (secondary N) is 1. The summed E-state index contributed by atoms with van der Waals surface area (Å²) in [6.07, 6.45) is 2.26. The quantitative estimate of drug-likeness (QED) is 0.877. The van der Waals surface area contributed by atoms with E-state index in [1.54, 1.807) is 6.92 Å². The summed E-state index contributed by atoms with van der Waals surface area (Å²) in [5.41, 5.74) is 1.63. The molecule has 1 heterocycles. The third-order valence-corrected chi connectivity index (χ3v) is 4.42. The predicted octanol–water partition coefficient (Wildman–Crippen LogP) is 4.25. The van der Waals surface area contributed by atoms with Crippen LogP contribution in [-0.2, 0) is 4.74 Å². The third-order valence-electron chi connectivity index (χ3n) is 4.09. The minimum Gasteiger partial charge on any atom is -0.378 e. The molecule has 0 radical (unpaired) electrons. The fraction of sp³-hybridized carbons (Fsp3) is 0.625. The van der Waals surface area contributed by atoms with Gasteiger partial charge < -0.3 is 10.1 Å². The van der Waals surface area contributed by atoms with Crippen molar-refractivity contribution in [2.45, 2.75) is 45.8 Å². The Morgan fingerprint density at radius 3 is 2.85 bits per heavy atom. The van der Waals surface area contributed by atoms with Crippen molar-refractivity contribution < 1.29 is 9.13 Å². The van der Waals surface area contributed by atoms with Gasteiger partial charge in [0.15, 0.2) is 0 Å². The Balaban J connectivity index is 2.32. The zero-order valence-corrected chi connectivity index (χ0v) is 13.1. The van der Waals surface area contributed by atoms with Crippen LogP contribution in [0.5, 0.6) is 0 Å². The Labute approximate surface area is 125 Å². The number of ether oxygens (including phenoxy) is 1. The molecule has 1 aromatic rings. The maximum Gasteiger partial charge on any atom is 0.127 e. The normalized spacial score (nSPS) is 24.1. The molecule has 1 aliphatic heterocycles. The Morgan fingerprint density at radius 2 is 2.25 bits per heavy atom. The molecule has 0 saturated carbocycles. The fourth-order valence-electron chi connectivity index (χ4n) is 2.90. The highest BCUT2D eigenvalue weighted by Crippen LogP contribution is 2.37. The van der Waals surface area contributed by atoms with E-state index in [1.165, 1.54) is 6.07 Å². The molecule has 0 aliphatic carbocycles. The van der Waals surface area contributed by atoms with E-state index >= 15 is 0 Å². The molecule has 1 aromatic carbocycles. The van der Waals surface area contributed by atoms with Crippen molar-refractivity contribution >= 4 is 11.6 Å². The monoisotopic (exact) mass is 299 g/mol. The molecule has 112 valence electrons. The van der Waals surface area contributed by atoms with Crippen LogP contribution in [-0.4, -0.2) is 19.3 Å².